The molecule has 0 saturated carbocycles. The molecule has 1 saturated heterocycles. The summed E-state index contributed by atoms with van der Waals surface area (Å²) in [6.45, 7) is 0.775. The third kappa shape index (κ3) is 17.9. The average Bonchev–Trinajstić information content (AvgIpc) is 3.77. The molecule has 0 unspecified atom stereocenters. The summed E-state index contributed by atoms with van der Waals surface area (Å²) in [6.07, 6.45) is 13.2. The van der Waals surface area contributed by atoms with E-state index in [1.807, 2.05) is 36.4 Å². The Bertz CT molecular complexity index is 1810. The molecule has 0 atom stereocenters. The summed E-state index contributed by atoms with van der Waals surface area (Å²) in [5, 5.41) is 8.80. The number of thiocarbonyl (C=S) groups is 1. The molecule has 10 nitrogen and oxygen atoms in total. The van der Waals surface area contributed by atoms with Gasteiger partial charge in [0.25, 0.3) is 5.91 Å². The number of hydrogen-bond acceptors (Lipinski definition) is 10. The number of unbranched alkanes of at least 4 members (excludes halogenated alkanes) is 12. The van der Waals surface area contributed by atoms with Gasteiger partial charge in [-0.3, -0.25) is 19.3 Å². The molecule has 2 aromatic carbocycles. The Morgan fingerprint density at radius 3 is 2.03 bits per heavy atom. The molecule has 0 aliphatic carbocycles. The molecule has 1 fully saturated rings. The first-order chi connectivity index (χ1) is 27.8. The van der Waals surface area contributed by atoms with Gasteiger partial charge in [0.2, 0.25) is 0 Å². The van der Waals surface area contributed by atoms with Crippen molar-refractivity contribution in [1.82, 2.24) is 4.90 Å². The lowest BCUT2D eigenvalue weighted by atomic mass is 10.0. The van der Waals surface area contributed by atoms with E-state index in [1.165, 1.54) is 82.3 Å². The number of rotatable bonds is 23. The van der Waals surface area contributed by atoms with Gasteiger partial charge in [-0.1, -0.05) is 138 Å². The van der Waals surface area contributed by atoms with Crippen LogP contribution in [0.5, 0.6) is 11.5 Å². The molecule has 2 heterocycles. The van der Waals surface area contributed by atoms with Gasteiger partial charge < -0.3 is 23.7 Å². The van der Waals surface area contributed by atoms with Crippen LogP contribution in [-0.2, 0) is 19.1 Å². The van der Waals surface area contributed by atoms with Gasteiger partial charge in [-0.25, -0.2) is 4.79 Å². The summed E-state index contributed by atoms with van der Waals surface area (Å²) in [7, 11) is 1.32. The Kier molecular flexibility index (Phi) is 21.1. The van der Waals surface area contributed by atoms with Gasteiger partial charge >= 0.3 is 24.1 Å². The Balaban J connectivity index is 0.000000442. The maximum Gasteiger partial charge on any atom is 0.422 e. The van der Waals surface area contributed by atoms with E-state index in [9.17, 15) is 32.3 Å². The molecule has 1 N–H and O–H groups in total. The van der Waals surface area contributed by atoms with Gasteiger partial charge in [0.05, 0.1) is 18.4 Å². The number of furan rings is 1. The standard InChI is InChI=1S/C33H43NO5S2.C10H9F3O4/c1-2-3-4-5-6-7-8-9-10-11-12-13-17-20-30(35)39-31(36)23-24-34-32(37)29(41-33(34)40)25-27-21-22-28(38-27)26-18-15-14-16-19-26;1-16-6-2-3-8(7(4-6)9(14)15)17-5-10(11,12)13/h14-16,18-19,21-22,25H,2-13,17,20,23-24H2,1H3;2-4H,5H2,1H3,(H,14,15). The van der Waals surface area contributed by atoms with E-state index in [2.05, 4.69) is 11.7 Å². The summed E-state index contributed by atoms with van der Waals surface area (Å²) in [4.78, 5) is 49.7. The molecule has 0 radical (unpaired) electrons. The van der Waals surface area contributed by atoms with Crippen molar-refractivity contribution >= 4 is 58.2 Å². The van der Waals surface area contributed by atoms with Gasteiger partial charge in [-0.2, -0.15) is 13.2 Å². The van der Waals surface area contributed by atoms with Crippen molar-refractivity contribution in [3.8, 4) is 22.8 Å². The normalized spacial score (nSPS) is 13.3. The van der Waals surface area contributed by atoms with E-state index in [0.717, 1.165) is 48.7 Å². The highest BCUT2D eigenvalue weighted by Crippen LogP contribution is 2.34. The molecule has 1 aliphatic heterocycles. The first kappa shape index (κ1) is 47.7. The number of alkyl halides is 3. The number of aromatic carboxylic acids is 1. The van der Waals surface area contributed by atoms with E-state index >= 15 is 0 Å². The molecule has 1 amide bonds. The van der Waals surface area contributed by atoms with Gasteiger partial charge in [0.1, 0.15) is 32.9 Å². The largest absolute Gasteiger partial charge is 0.497 e. The summed E-state index contributed by atoms with van der Waals surface area (Å²) >= 11 is 6.51. The highest BCUT2D eigenvalue weighted by molar-refractivity contribution is 8.26. The molecule has 0 spiro atoms. The highest BCUT2D eigenvalue weighted by atomic mass is 32.2. The minimum atomic E-state index is -4.52. The van der Waals surface area contributed by atoms with Crippen molar-refractivity contribution in [3.63, 3.8) is 0 Å². The molecular formula is C43H52F3NO9S2. The molecular weight excluding hydrogens is 796 g/mol. The number of thioether (sulfide) groups is 1. The zero-order valence-corrected chi connectivity index (χ0v) is 34.6. The van der Waals surface area contributed by atoms with Crippen LogP contribution in [0.4, 0.5) is 13.2 Å². The second-order valence-corrected chi connectivity index (χ2v) is 15.2. The first-order valence-corrected chi connectivity index (χ1v) is 20.8. The molecule has 0 bridgehead atoms. The topological polar surface area (TPSA) is 133 Å². The molecule has 58 heavy (non-hydrogen) atoms. The molecule has 316 valence electrons. The first-order valence-electron chi connectivity index (χ1n) is 19.6. The number of amides is 1. The Morgan fingerprint density at radius 2 is 1.45 bits per heavy atom. The predicted molar refractivity (Wildman–Crippen MR) is 222 cm³/mol. The minimum Gasteiger partial charge on any atom is -0.497 e. The van der Waals surface area contributed by atoms with Crippen LogP contribution < -0.4 is 9.47 Å². The lowest BCUT2D eigenvalue weighted by Gasteiger charge is -2.13. The quantitative estimate of drug-likeness (QED) is 0.0321. The number of carboxylic acids is 1. The zero-order valence-electron chi connectivity index (χ0n) is 33.0. The van der Waals surface area contributed by atoms with Crippen molar-refractivity contribution < 1.29 is 56.1 Å². The Hall–Kier alpha value is -4.63. The Morgan fingerprint density at radius 1 is 0.845 bits per heavy atom. The van der Waals surface area contributed by atoms with Crippen LogP contribution in [0.25, 0.3) is 17.4 Å². The van der Waals surface area contributed by atoms with E-state index in [0.29, 0.717) is 20.7 Å². The van der Waals surface area contributed by atoms with Crippen molar-refractivity contribution in [3.05, 3.63) is 76.9 Å². The second kappa shape index (κ2) is 25.7. The summed E-state index contributed by atoms with van der Waals surface area (Å²) in [5.41, 5.74) is 0.565. The summed E-state index contributed by atoms with van der Waals surface area (Å²) in [6, 6.07) is 16.9. The number of carboxylic acid groups (broad SMARTS) is 1. The smallest absolute Gasteiger partial charge is 0.422 e. The van der Waals surface area contributed by atoms with Gasteiger partial charge in [-0.05, 0) is 36.8 Å². The highest BCUT2D eigenvalue weighted by Gasteiger charge is 2.33. The van der Waals surface area contributed by atoms with Crippen molar-refractivity contribution in [2.45, 2.75) is 109 Å². The second-order valence-electron chi connectivity index (χ2n) is 13.6. The Labute approximate surface area is 347 Å². The van der Waals surface area contributed by atoms with Gasteiger partial charge in [0.15, 0.2) is 6.61 Å². The maximum atomic E-state index is 12.9. The number of hydrogen-bond donors (Lipinski definition) is 1. The fraction of sp³-hybridized carbons (Fsp3) is 0.465. The number of halogens is 3. The average molecular weight is 848 g/mol. The fourth-order valence-electron chi connectivity index (χ4n) is 5.82. The van der Waals surface area contributed by atoms with Crippen LogP contribution >= 0.6 is 24.0 Å². The summed E-state index contributed by atoms with van der Waals surface area (Å²) < 4.78 is 56.1. The minimum absolute atomic E-state index is 0.0697. The van der Waals surface area contributed by atoms with E-state index in [-0.39, 0.29) is 42.4 Å². The van der Waals surface area contributed by atoms with Crippen LogP contribution in [0.15, 0.2) is 70.0 Å². The molecule has 3 aromatic rings. The van der Waals surface area contributed by atoms with Crippen LogP contribution in [0.3, 0.4) is 0 Å². The van der Waals surface area contributed by atoms with Crippen molar-refractivity contribution in [2.75, 3.05) is 20.3 Å². The lowest BCUT2D eigenvalue weighted by molar-refractivity contribution is -0.159. The zero-order chi connectivity index (χ0) is 42.3. The predicted octanol–water partition coefficient (Wildman–Crippen LogP) is 11.4. The van der Waals surface area contributed by atoms with E-state index in [4.69, 9.17) is 31.2 Å². The van der Waals surface area contributed by atoms with Crippen LogP contribution in [-0.4, -0.2) is 64.6 Å². The SMILES string of the molecule is CCCCCCCCCCCCCCCC(=O)OC(=O)CCN1C(=O)C(=Cc2ccc(-c3ccccc3)o2)SC1=S.COc1ccc(OCC(F)(F)F)c(C(=O)O)c1. The van der Waals surface area contributed by atoms with Gasteiger partial charge in [0, 0.05) is 24.6 Å². The molecule has 1 aromatic heterocycles. The molecule has 15 heteroatoms. The lowest BCUT2D eigenvalue weighted by Crippen LogP contribution is -2.31. The number of esters is 2. The number of methoxy groups -OCH3 is 1. The molecule has 1 aliphatic rings. The van der Waals surface area contributed by atoms with Crippen LogP contribution in [0.1, 0.15) is 119 Å². The number of benzene rings is 2. The maximum absolute atomic E-state index is 12.9. The number of carbonyl (C=O) groups is 4. The summed E-state index contributed by atoms with van der Waals surface area (Å²) in [5.74, 6) is -1.69. The molecule has 4 rings (SSSR count). The van der Waals surface area contributed by atoms with Crippen LogP contribution in [0.2, 0.25) is 0 Å². The fourth-order valence-corrected chi connectivity index (χ4v) is 7.11. The van der Waals surface area contributed by atoms with Gasteiger partial charge in [-0.15, -0.1) is 0 Å². The van der Waals surface area contributed by atoms with Crippen LogP contribution in [0, 0.1) is 0 Å². The van der Waals surface area contributed by atoms with Crippen molar-refractivity contribution in [2.24, 2.45) is 0 Å². The van der Waals surface area contributed by atoms with E-state index < -0.39 is 30.7 Å². The third-order valence-corrected chi connectivity index (χ3v) is 10.3. The number of nitrogens with zero attached hydrogens (tertiary/aromatic N) is 1. The van der Waals surface area contributed by atoms with E-state index in [1.54, 1.807) is 12.1 Å². The monoisotopic (exact) mass is 847 g/mol. The number of ether oxygens (including phenoxy) is 3. The number of carbonyl (C=O) groups excluding carboxylic acids is 3. The van der Waals surface area contributed by atoms with Crippen molar-refractivity contribution in [1.29, 1.82) is 0 Å². The third-order valence-electron chi connectivity index (χ3n) is 8.89.